The molecule has 0 radical (unpaired) electrons. The van der Waals surface area contributed by atoms with Gasteiger partial charge in [0, 0.05) is 40.9 Å². The number of fused-ring (bicyclic) bond motifs is 1. The Morgan fingerprint density at radius 1 is 1.23 bits per heavy atom. The lowest BCUT2D eigenvalue weighted by molar-refractivity contribution is 0.102. The van der Waals surface area contributed by atoms with Crippen LogP contribution in [0, 0.1) is 25.2 Å². The van der Waals surface area contributed by atoms with Crippen LogP contribution in [0.3, 0.4) is 0 Å². The van der Waals surface area contributed by atoms with Crippen molar-refractivity contribution in [1.29, 1.82) is 5.26 Å². The van der Waals surface area contributed by atoms with E-state index in [0.29, 0.717) is 24.8 Å². The van der Waals surface area contributed by atoms with E-state index in [1.54, 1.807) is 11.8 Å². The SMILES string of the molecule is Cc1nc(SCC(=O)c2cn(CCC#N)c3ccccc23)n(C2CCCCC2)c1C. The van der Waals surface area contributed by atoms with E-state index in [1.165, 1.54) is 37.8 Å². The number of nitrogens with zero attached hydrogens (tertiary/aromatic N) is 4. The maximum Gasteiger partial charge on any atom is 0.175 e. The van der Waals surface area contributed by atoms with Crippen molar-refractivity contribution in [1.82, 2.24) is 14.1 Å². The second-order valence-corrected chi connectivity index (χ2v) is 9.04. The van der Waals surface area contributed by atoms with Crippen LogP contribution in [-0.2, 0) is 6.54 Å². The van der Waals surface area contributed by atoms with Crippen LogP contribution in [0.25, 0.3) is 10.9 Å². The van der Waals surface area contributed by atoms with Gasteiger partial charge in [-0.05, 0) is 32.8 Å². The first-order chi connectivity index (χ1) is 14.6. The summed E-state index contributed by atoms with van der Waals surface area (Å²) in [4.78, 5) is 18.0. The molecule has 0 saturated heterocycles. The molecule has 6 heteroatoms. The summed E-state index contributed by atoms with van der Waals surface area (Å²) in [6, 6.07) is 10.6. The molecule has 1 saturated carbocycles. The summed E-state index contributed by atoms with van der Waals surface area (Å²) in [5.74, 6) is 0.481. The van der Waals surface area contributed by atoms with Gasteiger partial charge in [0.15, 0.2) is 10.9 Å². The number of aromatic nitrogens is 3. The van der Waals surface area contributed by atoms with Gasteiger partial charge in [0.2, 0.25) is 0 Å². The van der Waals surface area contributed by atoms with Crippen LogP contribution in [-0.4, -0.2) is 25.7 Å². The molecule has 3 aromatic rings. The standard InChI is InChI=1S/C24H28N4OS/c1-17-18(2)28(19-9-4-3-5-10-19)24(26-17)30-16-23(29)21-15-27(14-8-13-25)22-12-7-6-11-20(21)22/h6-7,11-12,15,19H,3-5,8-10,14,16H2,1-2H3. The number of carbonyl (C=O) groups excluding carboxylic acids is 1. The lowest BCUT2D eigenvalue weighted by atomic mass is 9.95. The van der Waals surface area contributed by atoms with Crippen molar-refractivity contribution in [2.45, 2.75) is 70.1 Å². The Labute approximate surface area is 182 Å². The molecule has 0 unspecified atom stereocenters. The molecule has 1 aliphatic rings. The highest BCUT2D eigenvalue weighted by molar-refractivity contribution is 7.99. The Balaban J connectivity index is 1.56. The van der Waals surface area contributed by atoms with Gasteiger partial charge in [0.1, 0.15) is 0 Å². The fourth-order valence-corrected chi connectivity index (χ4v) is 5.54. The second kappa shape index (κ2) is 9.09. The van der Waals surface area contributed by atoms with Crippen molar-refractivity contribution in [2.75, 3.05) is 5.75 Å². The lowest BCUT2D eigenvalue weighted by Crippen LogP contribution is -2.15. The molecule has 0 aliphatic heterocycles. The first-order valence-corrected chi connectivity index (χ1v) is 11.7. The van der Waals surface area contributed by atoms with Crippen LogP contribution < -0.4 is 0 Å². The number of carbonyl (C=O) groups is 1. The number of hydrogen-bond acceptors (Lipinski definition) is 4. The third-order valence-electron chi connectivity index (χ3n) is 6.18. The summed E-state index contributed by atoms with van der Waals surface area (Å²) in [6.07, 6.45) is 8.60. The van der Waals surface area contributed by atoms with E-state index in [4.69, 9.17) is 10.2 Å². The Hall–Kier alpha value is -2.52. The first kappa shape index (κ1) is 20.7. The first-order valence-electron chi connectivity index (χ1n) is 10.8. The topological polar surface area (TPSA) is 63.6 Å². The third-order valence-corrected chi connectivity index (χ3v) is 7.13. The predicted molar refractivity (Wildman–Crippen MR) is 121 cm³/mol. The van der Waals surface area contributed by atoms with E-state index >= 15 is 0 Å². The molecule has 0 bridgehead atoms. The molecule has 0 amide bonds. The minimum Gasteiger partial charge on any atom is -0.346 e. The van der Waals surface area contributed by atoms with E-state index in [2.05, 4.69) is 24.5 Å². The fraction of sp³-hybridized carbons (Fsp3) is 0.458. The van der Waals surface area contributed by atoms with Gasteiger partial charge in [0.05, 0.1) is 23.9 Å². The number of imidazole rings is 1. The highest BCUT2D eigenvalue weighted by atomic mass is 32.2. The van der Waals surface area contributed by atoms with Gasteiger partial charge < -0.3 is 9.13 Å². The molecule has 5 nitrogen and oxygen atoms in total. The number of aryl methyl sites for hydroxylation is 2. The van der Waals surface area contributed by atoms with Gasteiger partial charge in [-0.15, -0.1) is 0 Å². The Bertz CT molecular complexity index is 1100. The summed E-state index contributed by atoms with van der Waals surface area (Å²) < 4.78 is 4.40. The molecule has 30 heavy (non-hydrogen) atoms. The number of Topliss-reactive ketones (excluding diaryl/α,β-unsaturated/α-hetero) is 1. The zero-order valence-electron chi connectivity index (χ0n) is 17.7. The molecule has 1 aliphatic carbocycles. The lowest BCUT2D eigenvalue weighted by Gasteiger charge is -2.26. The van der Waals surface area contributed by atoms with E-state index in [0.717, 1.165) is 27.3 Å². The Morgan fingerprint density at radius 3 is 2.77 bits per heavy atom. The van der Waals surface area contributed by atoms with Crippen LogP contribution in [0.5, 0.6) is 0 Å². The van der Waals surface area contributed by atoms with Gasteiger partial charge in [-0.2, -0.15) is 5.26 Å². The smallest absolute Gasteiger partial charge is 0.175 e. The molecular formula is C24H28N4OS. The van der Waals surface area contributed by atoms with E-state index in [1.807, 2.05) is 35.0 Å². The zero-order chi connectivity index (χ0) is 21.1. The van der Waals surface area contributed by atoms with Gasteiger partial charge in [-0.3, -0.25) is 4.79 Å². The van der Waals surface area contributed by atoms with Crippen LogP contribution in [0.4, 0.5) is 0 Å². The molecule has 2 heterocycles. The largest absolute Gasteiger partial charge is 0.346 e. The minimum absolute atomic E-state index is 0.111. The highest BCUT2D eigenvalue weighted by Gasteiger charge is 2.23. The summed E-state index contributed by atoms with van der Waals surface area (Å²) in [7, 11) is 0. The van der Waals surface area contributed by atoms with Crippen molar-refractivity contribution >= 4 is 28.4 Å². The van der Waals surface area contributed by atoms with E-state index < -0.39 is 0 Å². The summed E-state index contributed by atoms with van der Waals surface area (Å²) in [6.45, 7) is 4.80. The number of para-hydroxylation sites is 1. The second-order valence-electron chi connectivity index (χ2n) is 8.10. The average Bonchev–Trinajstić information content (AvgIpc) is 3.28. The van der Waals surface area contributed by atoms with Crippen LogP contribution >= 0.6 is 11.8 Å². The number of ketones is 1. The number of nitriles is 1. The third kappa shape index (κ3) is 4.04. The van der Waals surface area contributed by atoms with E-state index in [9.17, 15) is 4.79 Å². The molecule has 1 fully saturated rings. The molecule has 0 atom stereocenters. The molecular weight excluding hydrogens is 392 g/mol. The summed E-state index contributed by atoms with van der Waals surface area (Å²) >= 11 is 1.56. The number of benzene rings is 1. The number of thioether (sulfide) groups is 1. The van der Waals surface area contributed by atoms with Crippen LogP contribution in [0.15, 0.2) is 35.6 Å². The molecule has 1 aromatic carbocycles. The molecule has 0 N–H and O–H groups in total. The van der Waals surface area contributed by atoms with Gasteiger partial charge in [-0.1, -0.05) is 49.2 Å². The van der Waals surface area contributed by atoms with Gasteiger partial charge in [-0.25, -0.2) is 4.98 Å². The Morgan fingerprint density at radius 2 is 2.00 bits per heavy atom. The molecule has 4 rings (SSSR count). The van der Waals surface area contributed by atoms with Gasteiger partial charge >= 0.3 is 0 Å². The van der Waals surface area contributed by atoms with Crippen molar-refractivity contribution in [3.05, 3.63) is 47.4 Å². The monoisotopic (exact) mass is 420 g/mol. The molecule has 2 aromatic heterocycles. The summed E-state index contributed by atoms with van der Waals surface area (Å²) in [5.41, 5.74) is 4.03. The maximum atomic E-state index is 13.2. The fourth-order valence-electron chi connectivity index (χ4n) is 4.50. The van der Waals surface area contributed by atoms with E-state index in [-0.39, 0.29) is 5.78 Å². The molecule has 0 spiro atoms. The molecule has 156 valence electrons. The van der Waals surface area contributed by atoms with Crippen LogP contribution in [0.1, 0.15) is 66.3 Å². The van der Waals surface area contributed by atoms with Crippen molar-refractivity contribution in [2.24, 2.45) is 0 Å². The Kier molecular flexibility index (Phi) is 6.29. The predicted octanol–water partition coefficient (Wildman–Crippen LogP) is 5.85. The van der Waals surface area contributed by atoms with Crippen LogP contribution in [0.2, 0.25) is 0 Å². The number of hydrogen-bond donors (Lipinski definition) is 0. The van der Waals surface area contributed by atoms with Crippen molar-refractivity contribution in [3.8, 4) is 6.07 Å². The zero-order valence-corrected chi connectivity index (χ0v) is 18.5. The quantitative estimate of drug-likeness (QED) is 0.355. The minimum atomic E-state index is 0.111. The number of rotatable bonds is 7. The highest BCUT2D eigenvalue weighted by Crippen LogP contribution is 2.34. The van der Waals surface area contributed by atoms with Crippen molar-refractivity contribution in [3.63, 3.8) is 0 Å². The van der Waals surface area contributed by atoms with Gasteiger partial charge in [0.25, 0.3) is 0 Å². The summed E-state index contributed by atoms with van der Waals surface area (Å²) in [5, 5.41) is 10.9. The average molecular weight is 421 g/mol. The normalized spacial score (nSPS) is 14.8. The maximum absolute atomic E-state index is 13.2. The van der Waals surface area contributed by atoms with Crippen molar-refractivity contribution < 1.29 is 4.79 Å².